The summed E-state index contributed by atoms with van der Waals surface area (Å²) in [6.07, 6.45) is -1.11. The van der Waals surface area contributed by atoms with Gasteiger partial charge in [0, 0.05) is 11.6 Å². The number of anilines is 1. The van der Waals surface area contributed by atoms with Crippen molar-refractivity contribution in [1.82, 2.24) is 5.32 Å². The molecule has 1 aliphatic heterocycles. The Balaban J connectivity index is 2.23. The lowest BCUT2D eigenvalue weighted by atomic mass is 9.86. The summed E-state index contributed by atoms with van der Waals surface area (Å²) in [5.74, 6) is -1.54. The van der Waals surface area contributed by atoms with Crippen LogP contribution >= 0.6 is 11.6 Å². The maximum atomic E-state index is 14.8. The topological polar surface area (TPSA) is 52.6 Å². The number of fused-ring (bicyclic) bond motifs is 1. The lowest BCUT2D eigenvalue weighted by Crippen LogP contribution is -2.45. The molecule has 1 aliphatic rings. The Hall–Kier alpha value is -2.02. The van der Waals surface area contributed by atoms with Crippen molar-refractivity contribution in [1.29, 1.82) is 0 Å². The normalized spacial score (nSPS) is 17.7. The van der Waals surface area contributed by atoms with Crippen molar-refractivity contribution in [2.24, 2.45) is 0 Å². The Morgan fingerprint density at radius 3 is 2.59 bits per heavy atom. The largest absolute Gasteiger partial charge is 0.389 e. The van der Waals surface area contributed by atoms with E-state index in [-0.39, 0.29) is 23.2 Å². The van der Waals surface area contributed by atoms with E-state index >= 15 is 0 Å². The first-order chi connectivity index (χ1) is 12.7. The number of carbonyl (C=O) groups excluding carboxylic acids is 1. The van der Waals surface area contributed by atoms with E-state index in [1.165, 1.54) is 23.1 Å². The monoisotopic (exact) mass is 394 g/mol. The van der Waals surface area contributed by atoms with E-state index in [9.17, 15) is 18.7 Å². The number of rotatable bonds is 5. The van der Waals surface area contributed by atoms with Gasteiger partial charge in [-0.2, -0.15) is 0 Å². The number of amides is 1. The third-order valence-electron chi connectivity index (χ3n) is 4.94. The minimum absolute atomic E-state index is 0.105. The molecule has 0 saturated carbocycles. The second-order valence-electron chi connectivity index (χ2n) is 7.21. The lowest BCUT2D eigenvalue weighted by molar-refractivity contribution is -0.123. The van der Waals surface area contributed by atoms with Crippen LogP contribution in [0, 0.1) is 11.6 Å². The van der Waals surface area contributed by atoms with Gasteiger partial charge < -0.3 is 10.4 Å². The highest BCUT2D eigenvalue weighted by molar-refractivity contribution is 6.30. The molecule has 0 spiro atoms. The number of hydrogen-bond acceptors (Lipinski definition) is 3. The molecule has 2 N–H and O–H groups in total. The van der Waals surface area contributed by atoms with Gasteiger partial charge in [-0.3, -0.25) is 9.69 Å². The molecule has 144 valence electrons. The van der Waals surface area contributed by atoms with E-state index in [1.807, 2.05) is 0 Å². The molecule has 2 aromatic rings. The predicted molar refractivity (Wildman–Crippen MR) is 101 cm³/mol. The van der Waals surface area contributed by atoms with Crippen LogP contribution in [0.25, 0.3) is 0 Å². The smallest absolute Gasteiger partial charge is 0.237 e. The second-order valence-corrected chi connectivity index (χ2v) is 7.65. The third kappa shape index (κ3) is 3.33. The summed E-state index contributed by atoms with van der Waals surface area (Å²) in [6.45, 7) is 3.52. The predicted octanol–water partition coefficient (Wildman–Crippen LogP) is 3.56. The highest BCUT2D eigenvalue weighted by Gasteiger charge is 2.49. The van der Waals surface area contributed by atoms with Crippen LogP contribution in [0.4, 0.5) is 14.5 Å². The number of nitrogens with one attached hydrogen (secondary N) is 1. The van der Waals surface area contributed by atoms with E-state index < -0.39 is 29.2 Å². The minimum atomic E-state index is -1.11. The van der Waals surface area contributed by atoms with E-state index in [2.05, 4.69) is 5.32 Å². The highest BCUT2D eigenvalue weighted by Crippen LogP contribution is 2.47. The van der Waals surface area contributed by atoms with Crippen molar-refractivity contribution in [3.05, 3.63) is 64.2 Å². The number of halogens is 3. The number of aliphatic hydroxyl groups is 1. The van der Waals surface area contributed by atoms with Gasteiger partial charge in [-0.25, -0.2) is 8.78 Å². The molecule has 0 radical (unpaired) electrons. The fourth-order valence-electron chi connectivity index (χ4n) is 3.66. The summed E-state index contributed by atoms with van der Waals surface area (Å²) < 4.78 is 28.7. The second kappa shape index (κ2) is 7.19. The van der Waals surface area contributed by atoms with Crippen LogP contribution in [0.1, 0.15) is 31.0 Å². The quantitative estimate of drug-likeness (QED) is 0.815. The highest BCUT2D eigenvalue weighted by atomic mass is 35.5. The Morgan fingerprint density at radius 2 is 1.96 bits per heavy atom. The number of carbonyl (C=O) groups is 1. The van der Waals surface area contributed by atoms with Crippen molar-refractivity contribution in [3.8, 4) is 0 Å². The summed E-state index contributed by atoms with van der Waals surface area (Å²) in [7, 11) is 1.64. The minimum Gasteiger partial charge on any atom is -0.389 e. The molecule has 0 aliphatic carbocycles. The summed E-state index contributed by atoms with van der Waals surface area (Å²) in [5.41, 5.74) is -0.0562. The molecule has 27 heavy (non-hydrogen) atoms. The van der Waals surface area contributed by atoms with Crippen LogP contribution in [0.3, 0.4) is 0 Å². The van der Waals surface area contributed by atoms with Crippen LogP contribution in [-0.4, -0.2) is 30.7 Å². The van der Waals surface area contributed by atoms with Crippen LogP contribution in [0.5, 0.6) is 0 Å². The van der Waals surface area contributed by atoms with Gasteiger partial charge in [-0.05, 0) is 56.3 Å². The van der Waals surface area contributed by atoms with Crippen molar-refractivity contribution >= 4 is 23.2 Å². The fourth-order valence-corrected chi connectivity index (χ4v) is 3.89. The first kappa shape index (κ1) is 19.7. The van der Waals surface area contributed by atoms with Gasteiger partial charge in [0.05, 0.1) is 23.2 Å². The summed E-state index contributed by atoms with van der Waals surface area (Å²) in [6, 6.07) is 7.32. The average Bonchev–Trinajstić information content (AvgIpc) is 2.77. The molecular weight excluding hydrogens is 374 g/mol. The molecule has 2 aromatic carbocycles. The molecule has 4 nitrogen and oxygen atoms in total. The van der Waals surface area contributed by atoms with Gasteiger partial charge in [0.25, 0.3) is 0 Å². The number of para-hydroxylation sites is 1. The number of likely N-dealkylation sites (N-methyl/N-ethyl adjacent to an activating group) is 1. The number of hydrogen-bond donors (Lipinski definition) is 2. The first-order valence-electron chi connectivity index (χ1n) is 8.59. The molecule has 2 unspecified atom stereocenters. The number of benzene rings is 2. The maximum absolute atomic E-state index is 14.8. The molecule has 0 bridgehead atoms. The van der Waals surface area contributed by atoms with E-state index in [0.29, 0.717) is 11.1 Å². The Labute approximate surface area is 161 Å². The van der Waals surface area contributed by atoms with E-state index in [1.54, 1.807) is 33.0 Å². The van der Waals surface area contributed by atoms with Gasteiger partial charge in [0.2, 0.25) is 5.91 Å². The summed E-state index contributed by atoms with van der Waals surface area (Å²) >= 11 is 5.99. The fraction of sp³-hybridized carbons (Fsp3) is 0.350. The van der Waals surface area contributed by atoms with Gasteiger partial charge in [-0.15, -0.1) is 0 Å². The molecule has 1 amide bonds. The van der Waals surface area contributed by atoms with Gasteiger partial charge in [-0.1, -0.05) is 23.7 Å². The van der Waals surface area contributed by atoms with Gasteiger partial charge in [0.1, 0.15) is 11.6 Å². The van der Waals surface area contributed by atoms with Crippen molar-refractivity contribution in [2.75, 3.05) is 18.5 Å². The van der Waals surface area contributed by atoms with Gasteiger partial charge in [0.15, 0.2) is 0 Å². The SMILES string of the molecule is CNCC(O)C(c1cc(F)cc(Cl)c1)N1C(=O)C(C)(C)c2cccc(F)c21. The molecule has 7 heteroatoms. The average molecular weight is 395 g/mol. The molecule has 0 saturated heterocycles. The standard InChI is InChI=1S/C20H21ClF2N2O2/c1-20(2)14-5-4-6-15(23)18(14)25(19(20)27)17(16(26)10-24-3)11-7-12(21)9-13(22)8-11/h4-9,16-17,24,26H,10H2,1-3H3. The number of nitrogens with zero attached hydrogens (tertiary/aromatic N) is 1. The van der Waals surface area contributed by atoms with Crippen molar-refractivity contribution < 1.29 is 18.7 Å². The Bertz CT molecular complexity index is 868. The van der Waals surface area contributed by atoms with Crippen molar-refractivity contribution in [2.45, 2.75) is 31.4 Å². The van der Waals surface area contributed by atoms with Crippen LogP contribution in [-0.2, 0) is 10.2 Å². The summed E-state index contributed by atoms with van der Waals surface area (Å²) in [4.78, 5) is 14.5. The molecule has 1 heterocycles. The van der Waals surface area contributed by atoms with E-state index in [0.717, 1.165) is 6.07 Å². The third-order valence-corrected chi connectivity index (χ3v) is 5.16. The molecule has 0 aromatic heterocycles. The Kier molecular flexibility index (Phi) is 5.25. The van der Waals surface area contributed by atoms with Crippen LogP contribution in [0.2, 0.25) is 5.02 Å². The zero-order valence-corrected chi connectivity index (χ0v) is 16.0. The molecular formula is C20H21ClF2N2O2. The zero-order chi connectivity index (χ0) is 19.9. The number of aliphatic hydroxyl groups excluding tert-OH is 1. The van der Waals surface area contributed by atoms with Crippen molar-refractivity contribution in [3.63, 3.8) is 0 Å². The van der Waals surface area contributed by atoms with Gasteiger partial charge >= 0.3 is 0 Å². The lowest BCUT2D eigenvalue weighted by Gasteiger charge is -2.34. The maximum Gasteiger partial charge on any atom is 0.237 e. The summed E-state index contributed by atoms with van der Waals surface area (Å²) in [5, 5.41) is 13.7. The molecule has 3 rings (SSSR count). The van der Waals surface area contributed by atoms with E-state index in [4.69, 9.17) is 11.6 Å². The molecule has 0 fully saturated rings. The molecule has 2 atom stereocenters. The zero-order valence-electron chi connectivity index (χ0n) is 15.3. The van der Waals surface area contributed by atoms with Crippen LogP contribution in [0.15, 0.2) is 36.4 Å². The first-order valence-corrected chi connectivity index (χ1v) is 8.97. The van der Waals surface area contributed by atoms with Crippen LogP contribution < -0.4 is 10.2 Å². The Morgan fingerprint density at radius 1 is 1.26 bits per heavy atom.